The molecule has 218 valence electrons. The molecule has 0 fully saturated rings. The molecule has 2 aromatic rings. The molecule has 0 radical (unpaired) electrons. The molecule has 1 unspecified atom stereocenters. The molecule has 8 heteroatoms. The van der Waals surface area contributed by atoms with E-state index >= 15 is 0 Å². The van der Waals surface area contributed by atoms with Crippen LogP contribution >= 0.6 is 0 Å². The number of anilines is 1. The topological polar surface area (TPSA) is 51.7 Å². The number of nitrogens with zero attached hydrogens (tertiary/aromatic N) is 2. The zero-order valence-electron chi connectivity index (χ0n) is 23.8. The van der Waals surface area contributed by atoms with Gasteiger partial charge in [0.15, 0.2) is 0 Å². The predicted molar refractivity (Wildman–Crippen MR) is 153 cm³/mol. The third kappa shape index (κ3) is 8.12. The molecular formula is C32H41F3N2O3. The monoisotopic (exact) mass is 558 g/mol. The minimum Gasteiger partial charge on any atom is -0.494 e. The lowest BCUT2D eigenvalue weighted by Gasteiger charge is -2.46. The third-order valence-corrected chi connectivity index (χ3v) is 7.14. The van der Waals surface area contributed by atoms with Crippen LogP contribution in [0.3, 0.4) is 0 Å². The van der Waals surface area contributed by atoms with Crippen LogP contribution in [0.5, 0.6) is 5.75 Å². The maximum atomic E-state index is 14.7. The normalized spacial score (nSPS) is 17.1. The van der Waals surface area contributed by atoms with Crippen molar-refractivity contribution in [2.75, 3.05) is 18.1 Å². The van der Waals surface area contributed by atoms with Gasteiger partial charge in [-0.1, -0.05) is 76.2 Å². The van der Waals surface area contributed by atoms with Gasteiger partial charge in [0.25, 0.3) is 0 Å². The van der Waals surface area contributed by atoms with E-state index in [1.165, 1.54) is 63.6 Å². The molecule has 0 aliphatic heterocycles. The minimum atomic E-state index is -4.75. The summed E-state index contributed by atoms with van der Waals surface area (Å²) in [5, 5.41) is 0. The lowest BCUT2D eigenvalue weighted by atomic mass is 9.76. The molecule has 1 atom stereocenters. The summed E-state index contributed by atoms with van der Waals surface area (Å²) in [4.78, 5) is 17.4. The van der Waals surface area contributed by atoms with Gasteiger partial charge < -0.3 is 9.47 Å². The van der Waals surface area contributed by atoms with Crippen LogP contribution in [0.4, 0.5) is 18.9 Å². The Hall–Kier alpha value is -3.29. The van der Waals surface area contributed by atoms with Gasteiger partial charge in [-0.05, 0) is 62.1 Å². The van der Waals surface area contributed by atoms with Crippen molar-refractivity contribution >= 4 is 17.2 Å². The van der Waals surface area contributed by atoms with Crippen LogP contribution in [0.25, 0.3) is 5.57 Å². The number of aromatic nitrogens is 1. The number of carbonyl (C=O) groups is 1. The molecule has 40 heavy (non-hydrogen) atoms. The average molecular weight is 559 g/mol. The first-order valence-corrected chi connectivity index (χ1v) is 14.3. The third-order valence-electron chi connectivity index (χ3n) is 7.14. The summed E-state index contributed by atoms with van der Waals surface area (Å²) >= 11 is 0. The van der Waals surface area contributed by atoms with Crippen LogP contribution < -0.4 is 9.64 Å². The molecule has 1 aliphatic rings. The van der Waals surface area contributed by atoms with Crippen LogP contribution in [0, 0.1) is 0 Å². The standard InChI is InChI=1S/C32H41F3N2O3/c1-4-6-7-8-9-10-11-12-22-40-27-18-13-16-25(23-27)29-28(30(38)39-5-2)19-14-20-31(29,3)37(32(33,34)35)26-17-15-21-36-24-26/h13-19,21,23-24H,4-12,20,22H2,1-3H3. The Balaban J connectivity index is 1.91. The number of halogens is 3. The Morgan fingerprint density at radius 3 is 2.40 bits per heavy atom. The Labute approximate surface area is 236 Å². The highest BCUT2D eigenvalue weighted by molar-refractivity contribution is 6.04. The van der Waals surface area contributed by atoms with Crippen molar-refractivity contribution in [2.24, 2.45) is 0 Å². The highest BCUT2D eigenvalue weighted by atomic mass is 19.4. The summed E-state index contributed by atoms with van der Waals surface area (Å²) in [7, 11) is 0. The van der Waals surface area contributed by atoms with Gasteiger partial charge in [0.05, 0.1) is 36.2 Å². The number of pyridine rings is 1. The molecule has 1 aromatic heterocycles. The summed E-state index contributed by atoms with van der Waals surface area (Å²) in [6, 6.07) is 9.80. The molecule has 1 aromatic carbocycles. The Kier molecular flexibility index (Phi) is 11.6. The maximum Gasteiger partial charge on any atom is 0.485 e. The summed E-state index contributed by atoms with van der Waals surface area (Å²) in [5.41, 5.74) is -0.979. The van der Waals surface area contributed by atoms with E-state index in [-0.39, 0.29) is 29.9 Å². The number of unbranched alkanes of at least 4 members (excludes halogenated alkanes) is 7. The van der Waals surface area contributed by atoms with E-state index in [1.807, 2.05) is 0 Å². The molecule has 0 saturated heterocycles. The number of esters is 1. The Bertz CT molecular complexity index is 1150. The molecule has 1 heterocycles. The molecule has 0 spiro atoms. The van der Waals surface area contributed by atoms with Gasteiger partial charge in [-0.3, -0.25) is 9.88 Å². The average Bonchev–Trinajstić information content (AvgIpc) is 2.92. The first kappa shape index (κ1) is 31.2. The van der Waals surface area contributed by atoms with E-state index in [0.29, 0.717) is 22.8 Å². The van der Waals surface area contributed by atoms with Crippen molar-refractivity contribution in [1.29, 1.82) is 0 Å². The van der Waals surface area contributed by atoms with E-state index < -0.39 is 17.8 Å². The zero-order valence-corrected chi connectivity index (χ0v) is 23.8. The molecule has 0 bridgehead atoms. The van der Waals surface area contributed by atoms with Gasteiger partial charge in [0.2, 0.25) is 0 Å². The van der Waals surface area contributed by atoms with Crippen LogP contribution in [0.15, 0.2) is 66.5 Å². The molecule has 0 amide bonds. The first-order chi connectivity index (χ1) is 19.2. The van der Waals surface area contributed by atoms with Crippen molar-refractivity contribution in [3.8, 4) is 5.75 Å². The first-order valence-electron chi connectivity index (χ1n) is 14.3. The van der Waals surface area contributed by atoms with Crippen LogP contribution in [-0.4, -0.2) is 36.0 Å². The Morgan fingerprint density at radius 2 is 1.75 bits per heavy atom. The molecule has 5 nitrogen and oxygen atoms in total. The number of alkyl halides is 3. The fraction of sp³-hybridized carbons (Fsp3) is 0.500. The van der Waals surface area contributed by atoms with E-state index in [1.54, 1.807) is 43.3 Å². The number of hydrogen-bond donors (Lipinski definition) is 0. The van der Waals surface area contributed by atoms with Gasteiger partial charge in [-0.25, -0.2) is 4.79 Å². The molecule has 0 saturated carbocycles. The smallest absolute Gasteiger partial charge is 0.485 e. The summed E-state index contributed by atoms with van der Waals surface area (Å²) in [6.07, 6.45) is 10.4. The Morgan fingerprint density at radius 1 is 1.02 bits per heavy atom. The summed E-state index contributed by atoms with van der Waals surface area (Å²) < 4.78 is 55.5. The van der Waals surface area contributed by atoms with Gasteiger partial charge in [0, 0.05) is 6.20 Å². The van der Waals surface area contributed by atoms with Gasteiger partial charge >= 0.3 is 12.3 Å². The van der Waals surface area contributed by atoms with Crippen molar-refractivity contribution in [3.63, 3.8) is 0 Å². The number of carbonyl (C=O) groups excluding carboxylic acids is 1. The van der Waals surface area contributed by atoms with Crippen molar-refractivity contribution in [3.05, 3.63) is 72.1 Å². The number of rotatable bonds is 15. The van der Waals surface area contributed by atoms with E-state index in [0.717, 1.165) is 19.3 Å². The largest absolute Gasteiger partial charge is 0.494 e. The fourth-order valence-electron chi connectivity index (χ4n) is 5.29. The van der Waals surface area contributed by atoms with Crippen LogP contribution in [-0.2, 0) is 9.53 Å². The summed E-state index contributed by atoms with van der Waals surface area (Å²) in [5.74, 6) is -0.119. The second kappa shape index (κ2) is 14.9. The zero-order chi connectivity index (χ0) is 29.0. The second-order valence-corrected chi connectivity index (χ2v) is 10.3. The van der Waals surface area contributed by atoms with E-state index in [2.05, 4.69) is 11.9 Å². The predicted octanol–water partition coefficient (Wildman–Crippen LogP) is 8.66. The maximum absolute atomic E-state index is 14.7. The second-order valence-electron chi connectivity index (χ2n) is 10.3. The number of benzene rings is 1. The van der Waals surface area contributed by atoms with Gasteiger partial charge in [-0.2, -0.15) is 13.2 Å². The van der Waals surface area contributed by atoms with Gasteiger partial charge in [-0.15, -0.1) is 0 Å². The van der Waals surface area contributed by atoms with Crippen molar-refractivity contribution in [1.82, 2.24) is 4.98 Å². The van der Waals surface area contributed by atoms with E-state index in [9.17, 15) is 18.0 Å². The lowest BCUT2D eigenvalue weighted by molar-refractivity contribution is -0.140. The highest BCUT2D eigenvalue weighted by Gasteiger charge is 2.52. The number of ether oxygens (including phenoxy) is 2. The van der Waals surface area contributed by atoms with Crippen LogP contribution in [0.2, 0.25) is 0 Å². The van der Waals surface area contributed by atoms with E-state index in [4.69, 9.17) is 9.47 Å². The molecule has 0 N–H and O–H groups in total. The minimum absolute atomic E-state index is 0.0168. The fourth-order valence-corrected chi connectivity index (χ4v) is 5.29. The lowest BCUT2D eigenvalue weighted by Crippen LogP contribution is -2.56. The molecule has 1 aliphatic carbocycles. The highest BCUT2D eigenvalue weighted by Crippen LogP contribution is 2.48. The number of hydrogen-bond acceptors (Lipinski definition) is 5. The SMILES string of the molecule is CCCCCCCCCCOc1cccc(C2=C(C(=O)OCC)C=CCC2(C)N(c2cccnc2)C(F)(F)F)c1. The quantitative estimate of drug-likeness (QED) is 0.124. The van der Waals surface area contributed by atoms with Crippen LogP contribution in [0.1, 0.15) is 84.1 Å². The van der Waals surface area contributed by atoms with Crippen molar-refractivity contribution in [2.45, 2.75) is 90.4 Å². The molecular weight excluding hydrogens is 517 g/mol. The van der Waals surface area contributed by atoms with Gasteiger partial charge in [0.1, 0.15) is 5.75 Å². The van der Waals surface area contributed by atoms with Crippen molar-refractivity contribution < 1.29 is 27.4 Å². The summed E-state index contributed by atoms with van der Waals surface area (Å²) in [6.45, 7) is 6.00. The molecule has 3 rings (SSSR count).